The molecule has 0 N–H and O–H groups in total. The van der Waals surface area contributed by atoms with E-state index in [0.29, 0.717) is 18.1 Å². The number of piperidine rings is 1. The Labute approximate surface area is 150 Å². The molecular formula is C20H28N2O3. The van der Waals surface area contributed by atoms with Crippen molar-refractivity contribution in [3.63, 3.8) is 0 Å². The average molecular weight is 344 g/mol. The smallest absolute Gasteiger partial charge is 0.410 e. The number of nitriles is 1. The lowest BCUT2D eigenvalue weighted by Gasteiger charge is -2.33. The van der Waals surface area contributed by atoms with Crippen molar-refractivity contribution in [2.45, 2.75) is 52.6 Å². The lowest BCUT2D eigenvalue weighted by Crippen LogP contribution is -2.41. The third-order valence-corrected chi connectivity index (χ3v) is 4.38. The van der Waals surface area contributed by atoms with Gasteiger partial charge < -0.3 is 14.4 Å². The van der Waals surface area contributed by atoms with E-state index in [1.54, 1.807) is 11.0 Å². The summed E-state index contributed by atoms with van der Waals surface area (Å²) < 4.78 is 11.2. The van der Waals surface area contributed by atoms with Gasteiger partial charge in [-0.05, 0) is 76.6 Å². The van der Waals surface area contributed by atoms with E-state index in [0.717, 1.165) is 43.7 Å². The van der Waals surface area contributed by atoms with E-state index in [-0.39, 0.29) is 6.09 Å². The molecule has 1 heterocycles. The number of hydrogen-bond acceptors (Lipinski definition) is 4. The van der Waals surface area contributed by atoms with Crippen molar-refractivity contribution < 1.29 is 14.3 Å². The largest absolute Gasteiger partial charge is 0.494 e. The quantitative estimate of drug-likeness (QED) is 0.818. The number of aryl methyl sites for hydroxylation is 1. The molecule has 1 saturated heterocycles. The highest BCUT2D eigenvalue weighted by Gasteiger charge is 2.26. The SMILES string of the molecule is Cc1cc(OCCC2CCN(C(=O)OC(C)(C)C)CC2)ccc1C#N. The van der Waals surface area contributed by atoms with Gasteiger partial charge in [0.2, 0.25) is 0 Å². The zero-order chi connectivity index (χ0) is 18.4. The Morgan fingerprint density at radius 2 is 2.00 bits per heavy atom. The molecule has 1 aliphatic heterocycles. The summed E-state index contributed by atoms with van der Waals surface area (Å²) in [5, 5.41) is 8.95. The fourth-order valence-corrected chi connectivity index (χ4v) is 2.93. The molecule has 0 aromatic heterocycles. The summed E-state index contributed by atoms with van der Waals surface area (Å²) in [6.07, 6.45) is 2.72. The van der Waals surface area contributed by atoms with Crippen molar-refractivity contribution in [3.05, 3.63) is 29.3 Å². The molecule has 0 saturated carbocycles. The van der Waals surface area contributed by atoms with Crippen LogP contribution in [-0.4, -0.2) is 36.3 Å². The van der Waals surface area contributed by atoms with Crippen LogP contribution in [0.3, 0.4) is 0 Å². The topological polar surface area (TPSA) is 62.6 Å². The summed E-state index contributed by atoms with van der Waals surface area (Å²) >= 11 is 0. The molecule has 0 bridgehead atoms. The molecule has 0 spiro atoms. The van der Waals surface area contributed by atoms with Gasteiger partial charge in [0, 0.05) is 13.1 Å². The van der Waals surface area contributed by atoms with Gasteiger partial charge in [0.15, 0.2) is 0 Å². The highest BCUT2D eigenvalue weighted by molar-refractivity contribution is 5.68. The first-order valence-electron chi connectivity index (χ1n) is 8.90. The standard InChI is InChI=1S/C20H28N2O3/c1-15-13-18(6-5-17(15)14-21)24-12-9-16-7-10-22(11-8-16)19(23)25-20(2,3)4/h5-6,13,16H,7-12H2,1-4H3. The van der Waals surface area contributed by atoms with Crippen molar-refractivity contribution in [2.24, 2.45) is 5.92 Å². The van der Waals surface area contributed by atoms with Crippen LogP contribution in [0.25, 0.3) is 0 Å². The molecule has 0 unspecified atom stereocenters. The van der Waals surface area contributed by atoms with Crippen LogP contribution in [0.2, 0.25) is 0 Å². The predicted octanol–water partition coefficient (Wildman–Crippen LogP) is 4.28. The molecule has 5 nitrogen and oxygen atoms in total. The number of carbonyl (C=O) groups is 1. The van der Waals surface area contributed by atoms with Gasteiger partial charge in [0.25, 0.3) is 0 Å². The minimum atomic E-state index is -0.443. The van der Waals surface area contributed by atoms with Crippen LogP contribution < -0.4 is 4.74 Å². The lowest BCUT2D eigenvalue weighted by molar-refractivity contribution is 0.0177. The fourth-order valence-electron chi connectivity index (χ4n) is 2.93. The summed E-state index contributed by atoms with van der Waals surface area (Å²) in [5.41, 5.74) is 1.17. The normalized spacial score (nSPS) is 15.6. The average Bonchev–Trinajstić information content (AvgIpc) is 2.54. The van der Waals surface area contributed by atoms with E-state index in [9.17, 15) is 4.79 Å². The Bertz CT molecular complexity index is 635. The van der Waals surface area contributed by atoms with Crippen LogP contribution >= 0.6 is 0 Å². The Morgan fingerprint density at radius 3 is 2.56 bits per heavy atom. The van der Waals surface area contributed by atoms with Gasteiger partial charge in [0.05, 0.1) is 18.2 Å². The molecule has 0 radical (unpaired) electrons. The van der Waals surface area contributed by atoms with Crippen LogP contribution in [0.1, 0.15) is 51.2 Å². The van der Waals surface area contributed by atoms with Gasteiger partial charge in [-0.3, -0.25) is 0 Å². The van der Waals surface area contributed by atoms with Gasteiger partial charge in [-0.2, -0.15) is 5.26 Å². The third-order valence-electron chi connectivity index (χ3n) is 4.38. The van der Waals surface area contributed by atoms with Crippen LogP contribution in [0.4, 0.5) is 4.79 Å². The molecule has 2 rings (SSSR count). The molecule has 1 aliphatic rings. The van der Waals surface area contributed by atoms with Gasteiger partial charge in [-0.1, -0.05) is 0 Å². The number of ether oxygens (including phenoxy) is 2. The zero-order valence-corrected chi connectivity index (χ0v) is 15.7. The van der Waals surface area contributed by atoms with Crippen molar-refractivity contribution in [3.8, 4) is 11.8 Å². The number of hydrogen-bond donors (Lipinski definition) is 0. The van der Waals surface area contributed by atoms with Gasteiger partial charge in [-0.15, -0.1) is 0 Å². The summed E-state index contributed by atoms with van der Waals surface area (Å²) in [4.78, 5) is 13.9. The first-order valence-corrected chi connectivity index (χ1v) is 8.90. The van der Waals surface area contributed by atoms with Crippen LogP contribution in [0, 0.1) is 24.2 Å². The minimum absolute atomic E-state index is 0.213. The maximum absolute atomic E-state index is 12.1. The van der Waals surface area contributed by atoms with Crippen molar-refractivity contribution in [2.75, 3.05) is 19.7 Å². The molecule has 25 heavy (non-hydrogen) atoms. The second-order valence-corrected chi connectivity index (χ2v) is 7.64. The number of amides is 1. The van der Waals surface area contributed by atoms with Crippen molar-refractivity contribution in [1.29, 1.82) is 5.26 Å². The van der Waals surface area contributed by atoms with E-state index in [2.05, 4.69) is 6.07 Å². The first kappa shape index (κ1) is 19.1. The monoisotopic (exact) mass is 344 g/mol. The molecule has 1 fully saturated rings. The number of benzene rings is 1. The van der Waals surface area contributed by atoms with Crippen LogP contribution in [0.15, 0.2) is 18.2 Å². The van der Waals surface area contributed by atoms with Crippen molar-refractivity contribution >= 4 is 6.09 Å². The summed E-state index contributed by atoms with van der Waals surface area (Å²) in [6, 6.07) is 7.71. The molecule has 1 amide bonds. The van der Waals surface area contributed by atoms with Crippen molar-refractivity contribution in [1.82, 2.24) is 4.90 Å². The zero-order valence-electron chi connectivity index (χ0n) is 15.7. The van der Waals surface area contributed by atoms with Crippen LogP contribution in [0.5, 0.6) is 5.75 Å². The van der Waals surface area contributed by atoms with E-state index in [1.165, 1.54) is 0 Å². The molecule has 5 heteroatoms. The molecular weight excluding hydrogens is 316 g/mol. The Morgan fingerprint density at radius 1 is 1.32 bits per heavy atom. The van der Waals surface area contributed by atoms with Gasteiger partial charge in [-0.25, -0.2) is 4.79 Å². The number of likely N-dealkylation sites (tertiary alicyclic amines) is 1. The van der Waals surface area contributed by atoms with Gasteiger partial charge in [0.1, 0.15) is 11.4 Å². The summed E-state index contributed by atoms with van der Waals surface area (Å²) in [5.74, 6) is 1.38. The highest BCUT2D eigenvalue weighted by atomic mass is 16.6. The molecule has 0 aliphatic carbocycles. The lowest BCUT2D eigenvalue weighted by atomic mass is 9.94. The predicted molar refractivity (Wildman–Crippen MR) is 96.5 cm³/mol. The molecule has 0 atom stereocenters. The Balaban J connectivity index is 1.71. The first-order chi connectivity index (χ1) is 11.8. The fraction of sp³-hybridized carbons (Fsp3) is 0.600. The minimum Gasteiger partial charge on any atom is -0.494 e. The van der Waals surface area contributed by atoms with Gasteiger partial charge >= 0.3 is 6.09 Å². The Hall–Kier alpha value is -2.22. The Kier molecular flexibility index (Phi) is 6.30. The van der Waals surface area contributed by atoms with E-state index in [4.69, 9.17) is 14.7 Å². The maximum Gasteiger partial charge on any atom is 0.410 e. The van der Waals surface area contributed by atoms with E-state index in [1.807, 2.05) is 39.8 Å². The number of carbonyl (C=O) groups excluding carboxylic acids is 1. The second kappa shape index (κ2) is 8.24. The van der Waals surface area contributed by atoms with E-state index < -0.39 is 5.60 Å². The van der Waals surface area contributed by atoms with E-state index >= 15 is 0 Å². The molecule has 136 valence electrons. The number of nitrogens with zero attached hydrogens (tertiary/aromatic N) is 2. The summed E-state index contributed by atoms with van der Waals surface area (Å²) in [7, 11) is 0. The number of rotatable bonds is 4. The highest BCUT2D eigenvalue weighted by Crippen LogP contribution is 2.23. The van der Waals surface area contributed by atoms with Crippen LogP contribution in [-0.2, 0) is 4.74 Å². The molecule has 1 aromatic carbocycles. The second-order valence-electron chi connectivity index (χ2n) is 7.64. The third kappa shape index (κ3) is 5.97. The summed E-state index contributed by atoms with van der Waals surface area (Å²) in [6.45, 7) is 9.73. The maximum atomic E-state index is 12.1. The molecule has 1 aromatic rings.